The first-order valence-electron chi connectivity index (χ1n) is 11.0. The quantitative estimate of drug-likeness (QED) is 0.400. The zero-order valence-corrected chi connectivity index (χ0v) is 16.6. The van der Waals surface area contributed by atoms with E-state index < -0.39 is 6.29 Å². The Kier molecular flexibility index (Phi) is 4.11. The number of rotatable bonds is 1. The Morgan fingerprint density at radius 3 is 2.81 bits per heavy atom. The van der Waals surface area contributed by atoms with Gasteiger partial charge in [0.2, 0.25) is 0 Å². The SMILES string of the molecule is CC[C@@H]1CC2=C/C(=N/O)CC[C@@H]2C2CC[C@@]3(C)C(CC[C@@]34C=CC(O)O4)C21. The highest BCUT2D eigenvalue weighted by molar-refractivity contribution is 5.96. The summed E-state index contributed by atoms with van der Waals surface area (Å²) in [6, 6.07) is 0. The molecule has 5 rings (SSSR count). The molecule has 4 aliphatic carbocycles. The van der Waals surface area contributed by atoms with Gasteiger partial charge in [0.25, 0.3) is 0 Å². The highest BCUT2D eigenvalue weighted by Crippen LogP contribution is 2.68. The second kappa shape index (κ2) is 6.18. The Hall–Kier alpha value is -1.13. The summed E-state index contributed by atoms with van der Waals surface area (Å²) in [7, 11) is 0. The molecule has 0 saturated heterocycles. The van der Waals surface area contributed by atoms with Crippen molar-refractivity contribution in [2.24, 2.45) is 40.2 Å². The van der Waals surface area contributed by atoms with E-state index >= 15 is 0 Å². The summed E-state index contributed by atoms with van der Waals surface area (Å²) in [5.74, 6) is 3.60. The molecule has 3 fully saturated rings. The van der Waals surface area contributed by atoms with E-state index in [2.05, 4.69) is 31.2 Å². The van der Waals surface area contributed by atoms with E-state index in [0.717, 1.165) is 36.8 Å². The maximum Gasteiger partial charge on any atom is 0.175 e. The summed E-state index contributed by atoms with van der Waals surface area (Å²) in [5, 5.41) is 22.8. The first-order chi connectivity index (χ1) is 13.0. The summed E-state index contributed by atoms with van der Waals surface area (Å²) < 4.78 is 6.16. The van der Waals surface area contributed by atoms with Crippen molar-refractivity contribution in [1.82, 2.24) is 0 Å². The number of aliphatic hydroxyl groups is 1. The first-order valence-corrected chi connectivity index (χ1v) is 11.0. The number of nitrogens with zero attached hydrogens (tertiary/aromatic N) is 1. The number of ether oxygens (including phenoxy) is 1. The zero-order valence-electron chi connectivity index (χ0n) is 16.6. The standard InChI is InChI=1S/C23H33NO3/c1-3-14-12-15-13-16(24-26)4-5-17(15)18-6-9-22(2)19(21(14)18)7-10-23(22)11-8-20(25)27-23/h8,11,13-14,17-21,25-26H,3-7,9-10,12H2,1-2H3/b24-16+/t14-,17+,18?,19?,20?,21?,22+,23-/m1/s1. The normalized spacial score (nSPS) is 52.6. The lowest BCUT2D eigenvalue weighted by atomic mass is 9.48. The number of aliphatic hydroxyl groups excluding tert-OH is 1. The van der Waals surface area contributed by atoms with Gasteiger partial charge in [0.1, 0.15) is 0 Å². The fourth-order valence-corrected chi connectivity index (χ4v) is 7.92. The van der Waals surface area contributed by atoms with Gasteiger partial charge in [-0.3, -0.25) is 0 Å². The van der Waals surface area contributed by atoms with Crippen LogP contribution in [0.25, 0.3) is 0 Å². The van der Waals surface area contributed by atoms with Crippen molar-refractivity contribution in [2.45, 2.75) is 77.1 Å². The minimum absolute atomic E-state index is 0.142. The topological polar surface area (TPSA) is 62.1 Å². The lowest BCUT2D eigenvalue weighted by molar-refractivity contribution is -0.184. The van der Waals surface area contributed by atoms with Crippen LogP contribution in [0.3, 0.4) is 0 Å². The van der Waals surface area contributed by atoms with Gasteiger partial charge in [-0.2, -0.15) is 0 Å². The lowest BCUT2D eigenvalue weighted by Gasteiger charge is -2.58. The molecule has 8 atom stereocenters. The fourth-order valence-electron chi connectivity index (χ4n) is 7.92. The molecule has 0 amide bonds. The fraction of sp³-hybridized carbons (Fsp3) is 0.783. The van der Waals surface area contributed by atoms with Crippen LogP contribution in [-0.2, 0) is 4.74 Å². The van der Waals surface area contributed by atoms with E-state index in [1.54, 1.807) is 5.57 Å². The van der Waals surface area contributed by atoms with E-state index in [-0.39, 0.29) is 11.0 Å². The molecule has 1 aliphatic heterocycles. The average molecular weight is 372 g/mol. The van der Waals surface area contributed by atoms with Gasteiger partial charge in [0.05, 0.1) is 11.3 Å². The molecule has 4 heteroatoms. The molecule has 148 valence electrons. The van der Waals surface area contributed by atoms with Crippen molar-refractivity contribution >= 4 is 5.71 Å². The number of fused-ring (bicyclic) bond motifs is 6. The highest BCUT2D eigenvalue weighted by atomic mass is 16.6. The van der Waals surface area contributed by atoms with Crippen molar-refractivity contribution < 1.29 is 15.1 Å². The predicted molar refractivity (Wildman–Crippen MR) is 104 cm³/mol. The predicted octanol–water partition coefficient (Wildman–Crippen LogP) is 4.67. The molecule has 27 heavy (non-hydrogen) atoms. The second-order valence-corrected chi connectivity index (χ2v) is 9.93. The summed E-state index contributed by atoms with van der Waals surface area (Å²) in [6.45, 7) is 4.79. The minimum atomic E-state index is -0.726. The van der Waals surface area contributed by atoms with Crippen LogP contribution in [0, 0.1) is 35.0 Å². The van der Waals surface area contributed by atoms with Crippen LogP contribution in [-0.4, -0.2) is 27.9 Å². The maximum atomic E-state index is 10.0. The third-order valence-corrected chi connectivity index (χ3v) is 9.18. The number of oxime groups is 1. The first kappa shape index (κ1) is 17.9. The molecule has 3 saturated carbocycles. The maximum absolute atomic E-state index is 10.0. The van der Waals surface area contributed by atoms with Crippen molar-refractivity contribution in [3.05, 3.63) is 23.8 Å². The minimum Gasteiger partial charge on any atom is -0.411 e. The Bertz CT molecular complexity index is 712. The largest absolute Gasteiger partial charge is 0.411 e. The van der Waals surface area contributed by atoms with E-state index in [4.69, 9.17) is 4.74 Å². The zero-order chi connectivity index (χ0) is 18.8. The lowest BCUT2D eigenvalue weighted by Crippen LogP contribution is -2.54. The average Bonchev–Trinajstić information content (AvgIpc) is 3.21. The molecule has 0 bridgehead atoms. The van der Waals surface area contributed by atoms with Gasteiger partial charge in [-0.05, 0) is 86.7 Å². The molecular weight excluding hydrogens is 338 g/mol. The summed E-state index contributed by atoms with van der Waals surface area (Å²) >= 11 is 0. The Labute approximate surface area is 162 Å². The van der Waals surface area contributed by atoms with E-state index in [1.807, 2.05) is 6.08 Å². The van der Waals surface area contributed by atoms with Crippen LogP contribution in [0.15, 0.2) is 29.0 Å². The van der Waals surface area contributed by atoms with Gasteiger partial charge >= 0.3 is 0 Å². The van der Waals surface area contributed by atoms with Crippen LogP contribution in [0.2, 0.25) is 0 Å². The van der Waals surface area contributed by atoms with Crippen molar-refractivity contribution in [3.8, 4) is 0 Å². The summed E-state index contributed by atoms with van der Waals surface area (Å²) in [6.07, 6.45) is 14.7. The number of hydrogen-bond donors (Lipinski definition) is 2. The summed E-state index contributed by atoms with van der Waals surface area (Å²) in [4.78, 5) is 0. The van der Waals surface area contributed by atoms with Gasteiger partial charge in [-0.25, -0.2) is 0 Å². The molecule has 0 aromatic heterocycles. The van der Waals surface area contributed by atoms with Gasteiger partial charge in [0, 0.05) is 5.41 Å². The molecule has 1 spiro atoms. The van der Waals surface area contributed by atoms with E-state index in [1.165, 1.54) is 32.1 Å². The van der Waals surface area contributed by atoms with Gasteiger partial charge in [-0.15, -0.1) is 0 Å². The third-order valence-electron chi connectivity index (χ3n) is 9.18. The van der Waals surface area contributed by atoms with Crippen molar-refractivity contribution in [3.63, 3.8) is 0 Å². The van der Waals surface area contributed by atoms with Crippen LogP contribution in [0.5, 0.6) is 0 Å². The number of hydrogen-bond acceptors (Lipinski definition) is 4. The molecule has 0 aromatic rings. The molecule has 4 unspecified atom stereocenters. The summed E-state index contributed by atoms with van der Waals surface area (Å²) in [5.41, 5.74) is 2.31. The molecule has 1 heterocycles. The Balaban J connectivity index is 1.50. The molecule has 5 aliphatic rings. The van der Waals surface area contributed by atoms with Crippen LogP contribution in [0.1, 0.15) is 65.2 Å². The third kappa shape index (κ3) is 2.38. The second-order valence-electron chi connectivity index (χ2n) is 9.93. The van der Waals surface area contributed by atoms with Crippen molar-refractivity contribution in [1.29, 1.82) is 0 Å². The molecule has 0 radical (unpaired) electrons. The van der Waals surface area contributed by atoms with Gasteiger partial charge in [-0.1, -0.05) is 37.1 Å². The van der Waals surface area contributed by atoms with Crippen LogP contribution in [0.4, 0.5) is 0 Å². The van der Waals surface area contributed by atoms with Crippen LogP contribution < -0.4 is 0 Å². The molecule has 2 N–H and O–H groups in total. The molecule has 0 aromatic carbocycles. The van der Waals surface area contributed by atoms with Gasteiger partial charge in [0.15, 0.2) is 6.29 Å². The Morgan fingerprint density at radius 2 is 2.11 bits per heavy atom. The number of allylic oxidation sites excluding steroid dienone is 2. The Morgan fingerprint density at radius 1 is 1.26 bits per heavy atom. The van der Waals surface area contributed by atoms with E-state index in [9.17, 15) is 10.3 Å². The van der Waals surface area contributed by atoms with Crippen molar-refractivity contribution in [2.75, 3.05) is 0 Å². The smallest absolute Gasteiger partial charge is 0.175 e. The van der Waals surface area contributed by atoms with Crippen LogP contribution >= 0.6 is 0 Å². The highest BCUT2D eigenvalue weighted by Gasteiger charge is 2.65. The molecule has 4 nitrogen and oxygen atoms in total. The van der Waals surface area contributed by atoms with Gasteiger partial charge < -0.3 is 15.1 Å². The monoisotopic (exact) mass is 371 g/mol. The molecular formula is C23H33NO3. The van der Waals surface area contributed by atoms with E-state index in [0.29, 0.717) is 17.8 Å².